The monoisotopic (exact) mass is 153 g/mol. The molecule has 0 atom stereocenters. The smallest absolute Gasteiger partial charge is 0.00954 e. The topological polar surface area (TPSA) is 3.24 Å². The van der Waals surface area contributed by atoms with Gasteiger partial charge in [0.15, 0.2) is 0 Å². The SMILES string of the molecule is C[C@H]1CC[C@@H](N2CCC2)CC1. The van der Waals surface area contributed by atoms with E-state index in [-0.39, 0.29) is 0 Å². The van der Waals surface area contributed by atoms with E-state index < -0.39 is 0 Å². The van der Waals surface area contributed by atoms with Gasteiger partial charge in [0.05, 0.1) is 0 Å². The Morgan fingerprint density at radius 3 is 2.09 bits per heavy atom. The van der Waals surface area contributed by atoms with E-state index in [0.717, 1.165) is 12.0 Å². The standard InChI is InChI=1S/C10H19N/c1-9-3-5-10(6-4-9)11-7-2-8-11/h9-10H,2-8H2,1H3/t9-,10+. The fraction of sp³-hybridized carbons (Fsp3) is 1.00. The first-order valence-electron chi connectivity index (χ1n) is 5.10. The summed E-state index contributed by atoms with van der Waals surface area (Å²) < 4.78 is 0. The van der Waals surface area contributed by atoms with Crippen LogP contribution in [-0.2, 0) is 0 Å². The number of rotatable bonds is 1. The zero-order valence-corrected chi connectivity index (χ0v) is 7.55. The average molecular weight is 153 g/mol. The molecule has 0 spiro atoms. The van der Waals surface area contributed by atoms with Gasteiger partial charge in [-0.25, -0.2) is 0 Å². The Hall–Kier alpha value is -0.0400. The maximum Gasteiger partial charge on any atom is 0.00954 e. The van der Waals surface area contributed by atoms with Crippen molar-refractivity contribution in [3.63, 3.8) is 0 Å². The lowest BCUT2D eigenvalue weighted by molar-refractivity contribution is 0.0812. The van der Waals surface area contributed by atoms with E-state index in [9.17, 15) is 0 Å². The Bertz CT molecular complexity index is 121. The number of likely N-dealkylation sites (tertiary alicyclic amines) is 1. The predicted octanol–water partition coefficient (Wildman–Crippen LogP) is 2.27. The zero-order chi connectivity index (χ0) is 7.68. The van der Waals surface area contributed by atoms with Crippen LogP contribution < -0.4 is 0 Å². The molecule has 1 aliphatic carbocycles. The Kier molecular flexibility index (Phi) is 2.17. The third-order valence-corrected chi connectivity index (χ3v) is 3.39. The summed E-state index contributed by atoms with van der Waals surface area (Å²) in [6, 6.07) is 0.972. The average Bonchev–Trinajstić information content (AvgIpc) is 1.90. The molecule has 2 rings (SSSR count). The van der Waals surface area contributed by atoms with Gasteiger partial charge in [0, 0.05) is 6.04 Å². The second kappa shape index (κ2) is 3.14. The molecular formula is C10H19N. The van der Waals surface area contributed by atoms with Crippen LogP contribution in [-0.4, -0.2) is 24.0 Å². The molecule has 0 aromatic carbocycles. The zero-order valence-electron chi connectivity index (χ0n) is 7.55. The lowest BCUT2D eigenvalue weighted by Gasteiger charge is -2.41. The van der Waals surface area contributed by atoms with E-state index in [2.05, 4.69) is 11.8 Å². The van der Waals surface area contributed by atoms with Gasteiger partial charge in [-0.05, 0) is 51.1 Å². The van der Waals surface area contributed by atoms with Crippen molar-refractivity contribution in [1.29, 1.82) is 0 Å². The highest BCUT2D eigenvalue weighted by atomic mass is 15.2. The Balaban J connectivity index is 1.77. The normalized spacial score (nSPS) is 40.1. The van der Waals surface area contributed by atoms with Gasteiger partial charge in [-0.1, -0.05) is 6.92 Å². The molecule has 0 N–H and O–H groups in total. The Labute approximate surface area is 69.8 Å². The molecule has 0 amide bonds. The van der Waals surface area contributed by atoms with E-state index in [1.165, 1.54) is 45.2 Å². The van der Waals surface area contributed by atoms with E-state index in [4.69, 9.17) is 0 Å². The summed E-state index contributed by atoms with van der Waals surface area (Å²) in [5, 5.41) is 0. The van der Waals surface area contributed by atoms with Crippen LogP contribution in [0.3, 0.4) is 0 Å². The minimum atomic E-state index is 0.972. The van der Waals surface area contributed by atoms with E-state index in [0.29, 0.717) is 0 Å². The summed E-state index contributed by atoms with van der Waals surface area (Å²) in [7, 11) is 0. The van der Waals surface area contributed by atoms with Gasteiger partial charge in [0.2, 0.25) is 0 Å². The maximum absolute atomic E-state index is 2.67. The van der Waals surface area contributed by atoms with Gasteiger partial charge in [-0.3, -0.25) is 0 Å². The molecule has 2 fully saturated rings. The second-order valence-corrected chi connectivity index (χ2v) is 4.30. The molecule has 11 heavy (non-hydrogen) atoms. The summed E-state index contributed by atoms with van der Waals surface area (Å²) in [6.45, 7) is 5.17. The molecule has 0 radical (unpaired) electrons. The second-order valence-electron chi connectivity index (χ2n) is 4.30. The van der Waals surface area contributed by atoms with Crippen LogP contribution in [0.4, 0.5) is 0 Å². The summed E-state index contributed by atoms with van der Waals surface area (Å²) in [4.78, 5) is 2.67. The lowest BCUT2D eigenvalue weighted by Crippen LogP contribution is -2.46. The molecule has 0 bridgehead atoms. The molecule has 1 saturated heterocycles. The summed E-state index contributed by atoms with van der Waals surface area (Å²) >= 11 is 0. The molecule has 2 aliphatic rings. The molecule has 1 saturated carbocycles. The quantitative estimate of drug-likeness (QED) is 0.558. The first kappa shape index (κ1) is 7.60. The maximum atomic E-state index is 2.67. The molecule has 0 unspecified atom stereocenters. The summed E-state index contributed by atoms with van der Waals surface area (Å²) in [6.07, 6.45) is 7.34. The molecule has 0 aromatic heterocycles. The molecule has 1 aliphatic heterocycles. The first-order chi connectivity index (χ1) is 5.36. The van der Waals surface area contributed by atoms with Crippen LogP contribution in [0.2, 0.25) is 0 Å². The minimum absolute atomic E-state index is 0.972. The minimum Gasteiger partial charge on any atom is -0.300 e. The first-order valence-corrected chi connectivity index (χ1v) is 5.10. The van der Waals surface area contributed by atoms with Gasteiger partial charge in [0.1, 0.15) is 0 Å². The molecule has 64 valence electrons. The molecule has 0 aromatic rings. The van der Waals surface area contributed by atoms with Crippen LogP contribution in [0.15, 0.2) is 0 Å². The van der Waals surface area contributed by atoms with Crippen molar-refractivity contribution >= 4 is 0 Å². The van der Waals surface area contributed by atoms with Crippen LogP contribution >= 0.6 is 0 Å². The molecule has 1 heteroatoms. The Morgan fingerprint density at radius 2 is 1.64 bits per heavy atom. The van der Waals surface area contributed by atoms with Gasteiger partial charge in [0.25, 0.3) is 0 Å². The third kappa shape index (κ3) is 1.58. The predicted molar refractivity (Wildman–Crippen MR) is 47.6 cm³/mol. The lowest BCUT2D eigenvalue weighted by atomic mass is 9.85. The highest BCUT2D eigenvalue weighted by molar-refractivity contribution is 4.82. The molecule has 1 nitrogen and oxygen atoms in total. The van der Waals surface area contributed by atoms with E-state index >= 15 is 0 Å². The van der Waals surface area contributed by atoms with Crippen LogP contribution in [0.1, 0.15) is 39.0 Å². The van der Waals surface area contributed by atoms with Crippen molar-refractivity contribution in [3.8, 4) is 0 Å². The van der Waals surface area contributed by atoms with Gasteiger partial charge in [-0.15, -0.1) is 0 Å². The number of hydrogen-bond acceptors (Lipinski definition) is 1. The number of hydrogen-bond donors (Lipinski definition) is 0. The van der Waals surface area contributed by atoms with Gasteiger partial charge >= 0.3 is 0 Å². The van der Waals surface area contributed by atoms with Gasteiger partial charge in [-0.2, -0.15) is 0 Å². The van der Waals surface area contributed by atoms with Crippen molar-refractivity contribution in [2.24, 2.45) is 5.92 Å². The fourth-order valence-electron chi connectivity index (χ4n) is 2.31. The molecule has 1 heterocycles. The highest BCUT2D eigenvalue weighted by Gasteiger charge is 2.26. The summed E-state index contributed by atoms with van der Waals surface area (Å²) in [5.74, 6) is 1.01. The Morgan fingerprint density at radius 1 is 1.00 bits per heavy atom. The number of nitrogens with zero attached hydrogens (tertiary/aromatic N) is 1. The van der Waals surface area contributed by atoms with E-state index in [1.807, 2.05) is 0 Å². The van der Waals surface area contributed by atoms with Gasteiger partial charge < -0.3 is 4.90 Å². The highest BCUT2D eigenvalue weighted by Crippen LogP contribution is 2.29. The molecular weight excluding hydrogens is 134 g/mol. The third-order valence-electron chi connectivity index (χ3n) is 3.39. The van der Waals surface area contributed by atoms with Crippen LogP contribution in [0.5, 0.6) is 0 Å². The van der Waals surface area contributed by atoms with Crippen molar-refractivity contribution in [1.82, 2.24) is 4.90 Å². The van der Waals surface area contributed by atoms with E-state index in [1.54, 1.807) is 0 Å². The van der Waals surface area contributed by atoms with Crippen molar-refractivity contribution < 1.29 is 0 Å². The van der Waals surface area contributed by atoms with Crippen LogP contribution in [0.25, 0.3) is 0 Å². The van der Waals surface area contributed by atoms with Crippen molar-refractivity contribution in [2.45, 2.75) is 45.1 Å². The fourth-order valence-corrected chi connectivity index (χ4v) is 2.31. The summed E-state index contributed by atoms with van der Waals surface area (Å²) in [5.41, 5.74) is 0. The van der Waals surface area contributed by atoms with Crippen molar-refractivity contribution in [2.75, 3.05) is 13.1 Å². The van der Waals surface area contributed by atoms with Crippen LogP contribution in [0, 0.1) is 5.92 Å². The largest absolute Gasteiger partial charge is 0.300 e. The van der Waals surface area contributed by atoms with Crippen molar-refractivity contribution in [3.05, 3.63) is 0 Å².